The molecule has 0 radical (unpaired) electrons. The average Bonchev–Trinajstić information content (AvgIpc) is 2.09. The lowest BCUT2D eigenvalue weighted by Crippen LogP contribution is -2.25. The van der Waals surface area contributed by atoms with Gasteiger partial charge >= 0.3 is 6.09 Å². The summed E-state index contributed by atoms with van der Waals surface area (Å²) in [6, 6.07) is 7.14. The van der Waals surface area contributed by atoms with Gasteiger partial charge in [-0.15, -0.1) is 0 Å². The van der Waals surface area contributed by atoms with Crippen molar-refractivity contribution in [1.82, 2.24) is 5.48 Å². The first-order valence-electron chi connectivity index (χ1n) is 3.80. The van der Waals surface area contributed by atoms with E-state index in [1.54, 1.807) is 12.1 Å². The molecule has 0 bridgehead atoms. The summed E-state index contributed by atoms with van der Waals surface area (Å²) in [4.78, 5) is 15.2. The lowest BCUT2D eigenvalue weighted by molar-refractivity contribution is 0.0846. The van der Waals surface area contributed by atoms with Gasteiger partial charge in [-0.1, -0.05) is 17.7 Å². The number of carbonyl (C=O) groups excluding carboxylic acids is 1. The standard InChI is InChI=1S/C9H11NO3/c1-7-3-5-8(6-4-7)13-9(11)10-12-2/h3-6H,1-2H3,(H,10,11). The molecule has 13 heavy (non-hydrogen) atoms. The molecule has 1 amide bonds. The highest BCUT2D eigenvalue weighted by Crippen LogP contribution is 2.11. The van der Waals surface area contributed by atoms with Gasteiger partial charge in [0.1, 0.15) is 5.75 Å². The van der Waals surface area contributed by atoms with Crippen molar-refractivity contribution in [1.29, 1.82) is 0 Å². The molecule has 4 nitrogen and oxygen atoms in total. The predicted octanol–water partition coefficient (Wildman–Crippen LogP) is 1.64. The number of ether oxygens (including phenoxy) is 1. The summed E-state index contributed by atoms with van der Waals surface area (Å²) in [5, 5.41) is 0. The van der Waals surface area contributed by atoms with E-state index in [4.69, 9.17) is 4.74 Å². The first-order chi connectivity index (χ1) is 6.22. The number of hydroxylamine groups is 1. The van der Waals surface area contributed by atoms with E-state index in [0.717, 1.165) is 5.56 Å². The molecule has 0 saturated carbocycles. The monoisotopic (exact) mass is 181 g/mol. The van der Waals surface area contributed by atoms with Gasteiger partial charge in [0.25, 0.3) is 0 Å². The molecule has 0 atom stereocenters. The molecular formula is C9H11NO3. The number of hydrogen-bond donors (Lipinski definition) is 1. The third-order valence-electron chi connectivity index (χ3n) is 1.42. The van der Waals surface area contributed by atoms with E-state index in [-0.39, 0.29) is 0 Å². The Bertz CT molecular complexity index is 281. The van der Waals surface area contributed by atoms with Crippen LogP contribution in [0, 0.1) is 6.92 Å². The molecule has 0 saturated heterocycles. The Balaban J connectivity index is 2.54. The van der Waals surface area contributed by atoms with Crippen LogP contribution in [0.5, 0.6) is 5.75 Å². The highest BCUT2D eigenvalue weighted by atomic mass is 16.7. The Morgan fingerprint density at radius 1 is 1.31 bits per heavy atom. The van der Waals surface area contributed by atoms with Gasteiger partial charge in [-0.25, -0.2) is 4.79 Å². The van der Waals surface area contributed by atoms with E-state index < -0.39 is 6.09 Å². The number of nitrogens with one attached hydrogen (secondary N) is 1. The first kappa shape index (κ1) is 9.54. The van der Waals surface area contributed by atoms with Gasteiger partial charge in [0.15, 0.2) is 0 Å². The molecular weight excluding hydrogens is 170 g/mol. The van der Waals surface area contributed by atoms with Gasteiger partial charge in [0, 0.05) is 0 Å². The third-order valence-corrected chi connectivity index (χ3v) is 1.42. The van der Waals surface area contributed by atoms with Crippen LogP contribution in [0.15, 0.2) is 24.3 Å². The number of rotatable bonds is 2. The minimum atomic E-state index is -0.633. The van der Waals surface area contributed by atoms with Crippen LogP contribution in [-0.4, -0.2) is 13.2 Å². The van der Waals surface area contributed by atoms with Crippen LogP contribution in [-0.2, 0) is 4.84 Å². The van der Waals surface area contributed by atoms with Crippen molar-refractivity contribution in [3.8, 4) is 5.75 Å². The predicted molar refractivity (Wildman–Crippen MR) is 47.3 cm³/mol. The van der Waals surface area contributed by atoms with E-state index >= 15 is 0 Å². The van der Waals surface area contributed by atoms with Gasteiger partial charge in [-0.3, -0.25) is 4.84 Å². The second-order valence-electron chi connectivity index (χ2n) is 2.51. The van der Waals surface area contributed by atoms with Gasteiger partial charge in [0.2, 0.25) is 0 Å². The van der Waals surface area contributed by atoms with Crippen LogP contribution >= 0.6 is 0 Å². The molecule has 0 heterocycles. The maximum Gasteiger partial charge on any atom is 0.436 e. The summed E-state index contributed by atoms with van der Waals surface area (Å²) in [5.41, 5.74) is 3.16. The molecule has 1 rings (SSSR count). The van der Waals surface area contributed by atoms with Gasteiger partial charge in [0.05, 0.1) is 7.11 Å². The van der Waals surface area contributed by atoms with Crippen LogP contribution in [0.3, 0.4) is 0 Å². The molecule has 0 unspecified atom stereocenters. The fraction of sp³-hybridized carbons (Fsp3) is 0.222. The zero-order valence-electron chi connectivity index (χ0n) is 7.53. The van der Waals surface area contributed by atoms with Crippen LogP contribution < -0.4 is 10.2 Å². The average molecular weight is 181 g/mol. The molecule has 0 aromatic heterocycles. The minimum absolute atomic E-state index is 0.486. The van der Waals surface area contributed by atoms with Gasteiger partial charge in [-0.05, 0) is 19.1 Å². The molecule has 1 aromatic carbocycles. The summed E-state index contributed by atoms with van der Waals surface area (Å²) in [6.45, 7) is 1.96. The molecule has 0 fully saturated rings. The number of carbonyl (C=O) groups is 1. The van der Waals surface area contributed by atoms with E-state index in [0.29, 0.717) is 5.75 Å². The maximum atomic E-state index is 10.8. The van der Waals surface area contributed by atoms with E-state index in [2.05, 4.69) is 4.84 Å². The molecule has 0 spiro atoms. The van der Waals surface area contributed by atoms with Crippen LogP contribution in [0.4, 0.5) is 4.79 Å². The van der Waals surface area contributed by atoms with Gasteiger partial charge < -0.3 is 4.74 Å². The quantitative estimate of drug-likeness (QED) is 0.705. The highest BCUT2D eigenvalue weighted by Gasteiger charge is 2.01. The van der Waals surface area contributed by atoms with E-state index in [1.165, 1.54) is 7.11 Å². The summed E-state index contributed by atoms with van der Waals surface area (Å²) in [7, 11) is 1.34. The lowest BCUT2D eigenvalue weighted by Gasteiger charge is -2.03. The van der Waals surface area contributed by atoms with Crippen LogP contribution in [0.2, 0.25) is 0 Å². The second-order valence-corrected chi connectivity index (χ2v) is 2.51. The maximum absolute atomic E-state index is 10.8. The lowest BCUT2D eigenvalue weighted by atomic mass is 10.2. The number of benzene rings is 1. The molecule has 1 aromatic rings. The third kappa shape index (κ3) is 3.13. The number of aryl methyl sites for hydroxylation is 1. The molecule has 0 aliphatic carbocycles. The summed E-state index contributed by atoms with van der Waals surface area (Å²) in [5.74, 6) is 0.486. The summed E-state index contributed by atoms with van der Waals surface area (Å²) < 4.78 is 4.83. The van der Waals surface area contributed by atoms with Crippen molar-refractivity contribution in [3.63, 3.8) is 0 Å². The van der Waals surface area contributed by atoms with E-state index in [9.17, 15) is 4.79 Å². The van der Waals surface area contributed by atoms with Crippen molar-refractivity contribution in [2.75, 3.05) is 7.11 Å². The van der Waals surface area contributed by atoms with Crippen molar-refractivity contribution >= 4 is 6.09 Å². The van der Waals surface area contributed by atoms with Crippen molar-refractivity contribution in [2.45, 2.75) is 6.92 Å². The topological polar surface area (TPSA) is 47.6 Å². The van der Waals surface area contributed by atoms with Crippen molar-refractivity contribution < 1.29 is 14.4 Å². The van der Waals surface area contributed by atoms with Crippen LogP contribution in [0.25, 0.3) is 0 Å². The number of hydrogen-bond acceptors (Lipinski definition) is 3. The fourth-order valence-electron chi connectivity index (χ4n) is 0.818. The Kier molecular flexibility index (Phi) is 3.28. The largest absolute Gasteiger partial charge is 0.436 e. The summed E-state index contributed by atoms with van der Waals surface area (Å²) >= 11 is 0. The van der Waals surface area contributed by atoms with Crippen LogP contribution in [0.1, 0.15) is 5.56 Å². The fourth-order valence-corrected chi connectivity index (χ4v) is 0.818. The smallest absolute Gasteiger partial charge is 0.409 e. The van der Waals surface area contributed by atoms with Crippen molar-refractivity contribution in [3.05, 3.63) is 29.8 Å². The zero-order chi connectivity index (χ0) is 9.68. The SMILES string of the molecule is CONC(=O)Oc1ccc(C)cc1. The molecule has 0 aliphatic rings. The second kappa shape index (κ2) is 4.47. The Morgan fingerprint density at radius 2 is 1.92 bits per heavy atom. The van der Waals surface area contributed by atoms with Gasteiger partial charge in [-0.2, -0.15) is 5.48 Å². The molecule has 4 heteroatoms. The normalized spacial score (nSPS) is 9.38. The minimum Gasteiger partial charge on any atom is -0.409 e. The van der Waals surface area contributed by atoms with E-state index in [1.807, 2.05) is 24.5 Å². The Hall–Kier alpha value is -1.55. The molecule has 0 aliphatic heterocycles. The first-order valence-corrected chi connectivity index (χ1v) is 3.80. The van der Waals surface area contributed by atoms with Crippen molar-refractivity contribution in [2.24, 2.45) is 0 Å². The molecule has 70 valence electrons. The zero-order valence-corrected chi connectivity index (χ0v) is 7.53. The number of amides is 1. The Labute approximate surface area is 76.4 Å². The summed E-state index contributed by atoms with van der Waals surface area (Å²) in [6.07, 6.45) is -0.633. The Morgan fingerprint density at radius 3 is 2.46 bits per heavy atom. The highest BCUT2D eigenvalue weighted by molar-refractivity contribution is 5.69. The molecule has 1 N–H and O–H groups in total.